The summed E-state index contributed by atoms with van der Waals surface area (Å²) >= 11 is 4.64. The molecule has 0 saturated heterocycles. The molecule has 0 aliphatic heterocycles. The second-order valence-electron chi connectivity index (χ2n) is 5.96. The third kappa shape index (κ3) is 5.57. The number of thioether (sulfide) groups is 2. The average molecular weight is 417 g/mol. The van der Waals surface area contributed by atoms with E-state index in [2.05, 4.69) is 10.2 Å². The second kappa shape index (κ2) is 9.39. The zero-order valence-electron chi connectivity index (χ0n) is 15.3. The molecule has 2 aromatic carbocycles. The number of ketones is 1. The van der Waals surface area contributed by atoms with Crippen molar-refractivity contribution in [1.29, 1.82) is 0 Å². The first-order valence-electron chi connectivity index (χ1n) is 8.42. The number of benzene rings is 2. The predicted molar refractivity (Wildman–Crippen MR) is 113 cm³/mol. The van der Waals surface area contributed by atoms with Gasteiger partial charge in [0.15, 0.2) is 14.5 Å². The predicted octanol–water partition coefficient (Wildman–Crippen LogP) is 5.51. The smallest absolute Gasteiger partial charge is 0.175 e. The van der Waals surface area contributed by atoms with Crippen LogP contribution in [0.4, 0.5) is 0 Å². The van der Waals surface area contributed by atoms with E-state index in [0.29, 0.717) is 0 Å². The molecule has 3 rings (SSSR count). The first kappa shape index (κ1) is 19.9. The van der Waals surface area contributed by atoms with Crippen molar-refractivity contribution in [3.8, 4) is 5.75 Å². The highest BCUT2D eigenvalue weighted by atomic mass is 32.2. The number of hydrogen-bond acceptors (Lipinski definition) is 7. The fraction of sp³-hybridized carbons (Fsp3) is 0.250. The highest BCUT2D eigenvalue weighted by Gasteiger charge is 2.18. The summed E-state index contributed by atoms with van der Waals surface area (Å²) in [5.74, 6) is 1.79. The van der Waals surface area contributed by atoms with E-state index in [9.17, 15) is 4.79 Å². The van der Waals surface area contributed by atoms with Crippen molar-refractivity contribution >= 4 is 40.6 Å². The van der Waals surface area contributed by atoms with Crippen LogP contribution >= 0.6 is 34.9 Å². The number of hydrogen-bond donors (Lipinski definition) is 0. The number of ether oxygens (including phenoxy) is 1. The summed E-state index contributed by atoms with van der Waals surface area (Å²) in [6, 6.07) is 15.7. The Morgan fingerprint density at radius 2 is 1.74 bits per heavy atom. The number of carbonyl (C=O) groups excluding carboxylic acids is 1. The lowest BCUT2D eigenvalue weighted by atomic mass is 10.1. The lowest BCUT2D eigenvalue weighted by Gasteiger charge is -2.08. The minimum Gasteiger partial charge on any atom is -0.497 e. The molecule has 0 aliphatic carbocycles. The second-order valence-corrected chi connectivity index (χ2v) is 9.75. The van der Waals surface area contributed by atoms with Gasteiger partial charge in [-0.1, -0.05) is 76.8 Å². The van der Waals surface area contributed by atoms with Gasteiger partial charge in [-0.05, 0) is 31.5 Å². The Morgan fingerprint density at radius 3 is 2.41 bits per heavy atom. The first-order chi connectivity index (χ1) is 13.0. The Labute approximate surface area is 171 Å². The van der Waals surface area contributed by atoms with Crippen LogP contribution < -0.4 is 4.74 Å². The van der Waals surface area contributed by atoms with Gasteiger partial charge in [0.05, 0.1) is 12.4 Å². The highest BCUT2D eigenvalue weighted by Crippen LogP contribution is 2.33. The molecule has 0 N–H and O–H groups in total. The quantitative estimate of drug-likeness (QED) is 0.356. The number of methoxy groups -OCH3 is 1. The number of carbonyl (C=O) groups is 1. The lowest BCUT2D eigenvalue weighted by Crippen LogP contribution is -2.13. The monoisotopic (exact) mass is 416 g/mol. The first-order valence-corrected chi connectivity index (χ1v) is 11.1. The standard InChI is InChI=1S/C20H20N2O2S3/c1-13-4-8-16(9-5-13)18(23)14(2)26-20-22-21-19(27-20)25-12-15-6-10-17(24-3)11-7-15/h4-11,14H,12H2,1-3H3/t14-/m1/s1. The zero-order chi connectivity index (χ0) is 19.2. The van der Waals surface area contributed by atoms with E-state index in [4.69, 9.17) is 4.74 Å². The average Bonchev–Trinajstić information content (AvgIpc) is 3.14. The third-order valence-electron chi connectivity index (χ3n) is 3.89. The third-order valence-corrected chi connectivity index (χ3v) is 7.20. The van der Waals surface area contributed by atoms with Gasteiger partial charge in [-0.3, -0.25) is 4.79 Å². The molecule has 140 valence electrons. The van der Waals surface area contributed by atoms with Crippen molar-refractivity contribution < 1.29 is 9.53 Å². The molecule has 0 spiro atoms. The molecule has 1 heterocycles. The Morgan fingerprint density at radius 1 is 1.07 bits per heavy atom. The number of rotatable bonds is 8. The van der Waals surface area contributed by atoms with Crippen LogP contribution in [0.25, 0.3) is 0 Å². The van der Waals surface area contributed by atoms with Crippen LogP contribution in [0.5, 0.6) is 5.75 Å². The van der Waals surface area contributed by atoms with Crippen LogP contribution in [0, 0.1) is 6.92 Å². The Hall–Kier alpha value is -1.83. The summed E-state index contributed by atoms with van der Waals surface area (Å²) in [4.78, 5) is 12.6. The van der Waals surface area contributed by atoms with E-state index in [1.165, 1.54) is 28.7 Å². The van der Waals surface area contributed by atoms with Gasteiger partial charge in [0, 0.05) is 11.3 Å². The van der Waals surface area contributed by atoms with Gasteiger partial charge >= 0.3 is 0 Å². The topological polar surface area (TPSA) is 52.1 Å². The van der Waals surface area contributed by atoms with Crippen molar-refractivity contribution in [2.45, 2.75) is 33.5 Å². The molecule has 0 radical (unpaired) electrons. The van der Waals surface area contributed by atoms with Crippen LogP contribution in [0.2, 0.25) is 0 Å². The molecule has 27 heavy (non-hydrogen) atoms. The molecule has 1 atom stereocenters. The molecule has 0 saturated carbocycles. The molecule has 3 aromatic rings. The van der Waals surface area contributed by atoms with Gasteiger partial charge in [0.1, 0.15) is 5.75 Å². The summed E-state index contributed by atoms with van der Waals surface area (Å²) in [6.45, 7) is 3.93. The van der Waals surface area contributed by atoms with Crippen LogP contribution in [0.3, 0.4) is 0 Å². The van der Waals surface area contributed by atoms with Gasteiger partial charge in [0.25, 0.3) is 0 Å². The van der Waals surface area contributed by atoms with E-state index in [1.807, 2.05) is 62.4 Å². The van der Waals surface area contributed by atoms with Gasteiger partial charge in [0.2, 0.25) is 0 Å². The van der Waals surface area contributed by atoms with E-state index >= 15 is 0 Å². The van der Waals surface area contributed by atoms with Crippen molar-refractivity contribution in [2.24, 2.45) is 0 Å². The molecule has 0 aliphatic rings. The summed E-state index contributed by atoms with van der Waals surface area (Å²) in [5.41, 5.74) is 3.09. The van der Waals surface area contributed by atoms with E-state index < -0.39 is 0 Å². The zero-order valence-corrected chi connectivity index (χ0v) is 17.8. The number of aryl methyl sites for hydroxylation is 1. The van der Waals surface area contributed by atoms with Crippen molar-refractivity contribution in [1.82, 2.24) is 10.2 Å². The van der Waals surface area contributed by atoms with Gasteiger partial charge in [-0.15, -0.1) is 10.2 Å². The number of nitrogens with zero attached hydrogens (tertiary/aromatic N) is 2. The summed E-state index contributed by atoms with van der Waals surface area (Å²) < 4.78 is 6.90. The number of aromatic nitrogens is 2. The van der Waals surface area contributed by atoms with Crippen LogP contribution in [-0.2, 0) is 5.75 Å². The maximum atomic E-state index is 12.6. The normalized spacial score (nSPS) is 12.0. The molecule has 0 bridgehead atoms. The van der Waals surface area contributed by atoms with Crippen molar-refractivity contribution in [3.05, 3.63) is 65.2 Å². The molecular weight excluding hydrogens is 396 g/mol. The minimum atomic E-state index is -0.194. The molecule has 4 nitrogen and oxygen atoms in total. The van der Waals surface area contributed by atoms with E-state index in [1.54, 1.807) is 18.9 Å². The molecular formula is C20H20N2O2S3. The van der Waals surface area contributed by atoms with Crippen molar-refractivity contribution in [2.75, 3.05) is 7.11 Å². The Kier molecular flexibility index (Phi) is 6.93. The Balaban J connectivity index is 1.55. The van der Waals surface area contributed by atoms with Crippen molar-refractivity contribution in [3.63, 3.8) is 0 Å². The summed E-state index contributed by atoms with van der Waals surface area (Å²) in [5, 5.41) is 8.27. The largest absolute Gasteiger partial charge is 0.497 e. The molecule has 0 amide bonds. The molecule has 0 unspecified atom stereocenters. The van der Waals surface area contributed by atoms with Crippen LogP contribution in [-0.4, -0.2) is 28.3 Å². The fourth-order valence-corrected chi connectivity index (χ4v) is 5.52. The number of Topliss-reactive ketones (excluding diaryl/α,β-unsaturated/α-hetero) is 1. The highest BCUT2D eigenvalue weighted by molar-refractivity contribution is 8.03. The Bertz CT molecular complexity index is 892. The van der Waals surface area contributed by atoms with E-state index in [0.717, 1.165) is 31.3 Å². The van der Waals surface area contributed by atoms with Crippen LogP contribution in [0.15, 0.2) is 57.2 Å². The molecule has 0 fully saturated rings. The van der Waals surface area contributed by atoms with Gasteiger partial charge in [-0.25, -0.2) is 0 Å². The van der Waals surface area contributed by atoms with E-state index in [-0.39, 0.29) is 11.0 Å². The molecule has 1 aromatic heterocycles. The summed E-state index contributed by atoms with van der Waals surface area (Å²) in [6.07, 6.45) is 0. The maximum Gasteiger partial charge on any atom is 0.175 e. The minimum absolute atomic E-state index is 0.114. The lowest BCUT2D eigenvalue weighted by molar-refractivity contribution is 0.0994. The fourth-order valence-electron chi connectivity index (χ4n) is 2.33. The molecule has 7 heteroatoms. The maximum absolute atomic E-state index is 12.6. The van der Waals surface area contributed by atoms with Gasteiger partial charge < -0.3 is 4.74 Å². The summed E-state index contributed by atoms with van der Waals surface area (Å²) in [7, 11) is 1.66. The van der Waals surface area contributed by atoms with Gasteiger partial charge in [-0.2, -0.15) is 0 Å². The SMILES string of the molecule is COc1ccc(CSc2nnc(S[C@H](C)C(=O)c3ccc(C)cc3)s2)cc1. The van der Waals surface area contributed by atoms with Crippen LogP contribution in [0.1, 0.15) is 28.4 Å².